The second kappa shape index (κ2) is 5.60. The number of nitrogens with one attached hydrogen (secondary N) is 2. The quantitative estimate of drug-likeness (QED) is 0.740. The van der Waals surface area contributed by atoms with Crippen molar-refractivity contribution in [3.8, 4) is 0 Å². The Morgan fingerprint density at radius 1 is 1.56 bits per heavy atom. The van der Waals surface area contributed by atoms with E-state index in [4.69, 9.17) is 0 Å². The summed E-state index contributed by atoms with van der Waals surface area (Å²) in [6.07, 6.45) is -0.482. The molecule has 1 rings (SSSR count). The van der Waals surface area contributed by atoms with Crippen LogP contribution in [0.4, 0.5) is 8.78 Å². The molecule has 2 unspecified atom stereocenters. The number of halogens is 2. The zero-order valence-corrected chi connectivity index (χ0v) is 10.8. The molecule has 0 aromatic rings. The normalized spacial score (nSPS) is 23.5. The number of hydrogen-bond acceptors (Lipinski definition) is 3. The number of carbonyl (C=O) groups is 2. The number of hydrogen-bond donors (Lipinski definition) is 2. The van der Waals surface area contributed by atoms with Gasteiger partial charge in [-0.1, -0.05) is 6.92 Å². The number of likely N-dealkylation sites (N-methyl/N-ethyl adjacent to an activating group) is 1. The Labute approximate surface area is 105 Å². The molecule has 0 aliphatic carbocycles. The van der Waals surface area contributed by atoms with Crippen molar-refractivity contribution in [1.82, 2.24) is 15.5 Å². The minimum atomic E-state index is -2.83. The standard InChI is InChI=1S/C11H19F2N3O2/c1-7(9(17)14-2)5-16(3)10(18)8-4-11(12,13)6-15-8/h7-8,15H,4-6H2,1-3H3,(H,14,17). The third-order valence-electron chi connectivity index (χ3n) is 3.03. The first-order chi connectivity index (χ1) is 8.26. The monoisotopic (exact) mass is 263 g/mol. The van der Waals surface area contributed by atoms with E-state index in [0.29, 0.717) is 0 Å². The van der Waals surface area contributed by atoms with Crippen LogP contribution >= 0.6 is 0 Å². The van der Waals surface area contributed by atoms with Crippen molar-refractivity contribution >= 4 is 11.8 Å². The Hall–Kier alpha value is -1.24. The molecule has 0 saturated carbocycles. The van der Waals surface area contributed by atoms with Crippen molar-refractivity contribution in [1.29, 1.82) is 0 Å². The highest BCUT2D eigenvalue weighted by molar-refractivity contribution is 5.83. The minimum absolute atomic E-state index is 0.181. The number of alkyl halides is 2. The SMILES string of the molecule is CNC(=O)C(C)CN(C)C(=O)C1CC(F)(F)CN1. The Balaban J connectivity index is 2.50. The molecule has 2 N–H and O–H groups in total. The lowest BCUT2D eigenvalue weighted by molar-refractivity contribution is -0.134. The molecule has 2 amide bonds. The Kier molecular flexibility index (Phi) is 4.61. The second-order valence-corrected chi connectivity index (χ2v) is 4.73. The lowest BCUT2D eigenvalue weighted by atomic mass is 10.1. The fourth-order valence-electron chi connectivity index (χ4n) is 1.99. The van der Waals surface area contributed by atoms with Gasteiger partial charge in [0, 0.05) is 27.1 Å². The van der Waals surface area contributed by atoms with E-state index in [0.717, 1.165) is 0 Å². The molecule has 0 spiro atoms. The van der Waals surface area contributed by atoms with Gasteiger partial charge < -0.3 is 10.2 Å². The second-order valence-electron chi connectivity index (χ2n) is 4.73. The van der Waals surface area contributed by atoms with Crippen molar-refractivity contribution in [2.75, 3.05) is 27.2 Å². The summed E-state index contributed by atoms with van der Waals surface area (Å²) in [6.45, 7) is 1.42. The smallest absolute Gasteiger partial charge is 0.262 e. The maximum atomic E-state index is 13.0. The highest BCUT2D eigenvalue weighted by Gasteiger charge is 2.43. The van der Waals surface area contributed by atoms with E-state index >= 15 is 0 Å². The number of rotatable bonds is 4. The van der Waals surface area contributed by atoms with Crippen LogP contribution in [0, 0.1) is 5.92 Å². The first-order valence-corrected chi connectivity index (χ1v) is 5.84. The predicted molar refractivity (Wildman–Crippen MR) is 62.2 cm³/mol. The van der Waals surface area contributed by atoms with Crippen LogP contribution < -0.4 is 10.6 Å². The van der Waals surface area contributed by atoms with Gasteiger partial charge in [0.15, 0.2) is 0 Å². The van der Waals surface area contributed by atoms with Gasteiger partial charge in [-0.2, -0.15) is 0 Å². The predicted octanol–water partition coefficient (Wildman–Crippen LogP) is -0.176. The summed E-state index contributed by atoms with van der Waals surface area (Å²) < 4.78 is 25.9. The maximum absolute atomic E-state index is 13.0. The molecule has 0 radical (unpaired) electrons. The van der Waals surface area contributed by atoms with Crippen molar-refractivity contribution in [2.24, 2.45) is 5.92 Å². The van der Waals surface area contributed by atoms with Gasteiger partial charge in [0.05, 0.1) is 18.5 Å². The molecular weight excluding hydrogens is 244 g/mol. The van der Waals surface area contributed by atoms with Crippen LogP contribution in [0.1, 0.15) is 13.3 Å². The molecule has 0 bridgehead atoms. The van der Waals surface area contributed by atoms with Gasteiger partial charge in [0.1, 0.15) is 0 Å². The maximum Gasteiger partial charge on any atom is 0.262 e. The average Bonchev–Trinajstić information content (AvgIpc) is 2.67. The number of carbonyl (C=O) groups excluding carboxylic acids is 2. The first kappa shape index (κ1) is 14.8. The average molecular weight is 263 g/mol. The molecule has 1 aliphatic rings. The zero-order valence-electron chi connectivity index (χ0n) is 10.8. The van der Waals surface area contributed by atoms with Crippen molar-refractivity contribution in [2.45, 2.75) is 25.3 Å². The van der Waals surface area contributed by atoms with E-state index in [9.17, 15) is 18.4 Å². The summed E-state index contributed by atoms with van der Waals surface area (Å²) in [4.78, 5) is 24.5. The van der Waals surface area contributed by atoms with Gasteiger partial charge >= 0.3 is 0 Å². The molecule has 0 aromatic carbocycles. The van der Waals surface area contributed by atoms with Crippen LogP contribution in [0.25, 0.3) is 0 Å². The molecule has 7 heteroatoms. The minimum Gasteiger partial charge on any atom is -0.359 e. The lowest BCUT2D eigenvalue weighted by Crippen LogP contribution is -2.45. The third-order valence-corrected chi connectivity index (χ3v) is 3.03. The molecule has 1 heterocycles. The van der Waals surface area contributed by atoms with E-state index < -0.39 is 30.8 Å². The van der Waals surface area contributed by atoms with Gasteiger partial charge in [-0.15, -0.1) is 0 Å². The Bertz CT molecular complexity index is 336. The third kappa shape index (κ3) is 3.63. The summed E-state index contributed by atoms with van der Waals surface area (Å²) in [5.74, 6) is -3.78. The van der Waals surface area contributed by atoms with Gasteiger partial charge in [0.25, 0.3) is 5.92 Å². The van der Waals surface area contributed by atoms with Gasteiger partial charge in [0.2, 0.25) is 11.8 Å². The van der Waals surface area contributed by atoms with Crippen LogP contribution in [0.15, 0.2) is 0 Å². The Morgan fingerprint density at radius 3 is 2.61 bits per heavy atom. The van der Waals surface area contributed by atoms with Crippen LogP contribution in [0.5, 0.6) is 0 Å². The fraction of sp³-hybridized carbons (Fsp3) is 0.818. The summed E-state index contributed by atoms with van der Waals surface area (Å²) in [5, 5.41) is 4.98. The number of amides is 2. The van der Waals surface area contributed by atoms with E-state index in [2.05, 4.69) is 10.6 Å². The molecule has 5 nitrogen and oxygen atoms in total. The molecule has 1 fully saturated rings. The first-order valence-electron chi connectivity index (χ1n) is 5.84. The van der Waals surface area contributed by atoms with Gasteiger partial charge in [-0.3, -0.25) is 14.9 Å². The molecule has 1 aliphatic heterocycles. The van der Waals surface area contributed by atoms with Crippen LogP contribution in [-0.2, 0) is 9.59 Å². The lowest BCUT2D eigenvalue weighted by Gasteiger charge is -2.23. The zero-order chi connectivity index (χ0) is 13.9. The van der Waals surface area contributed by atoms with Crippen molar-refractivity contribution in [3.63, 3.8) is 0 Å². The summed E-state index contributed by atoms with van der Waals surface area (Å²) in [6, 6.07) is -0.859. The van der Waals surface area contributed by atoms with Crippen molar-refractivity contribution < 1.29 is 18.4 Å². The largest absolute Gasteiger partial charge is 0.359 e. The summed E-state index contributed by atoms with van der Waals surface area (Å²) in [7, 11) is 3.03. The molecule has 104 valence electrons. The van der Waals surface area contributed by atoms with Crippen LogP contribution in [0.2, 0.25) is 0 Å². The van der Waals surface area contributed by atoms with Gasteiger partial charge in [-0.25, -0.2) is 8.78 Å². The fourth-order valence-corrected chi connectivity index (χ4v) is 1.99. The van der Waals surface area contributed by atoms with E-state index in [1.165, 1.54) is 19.0 Å². The van der Waals surface area contributed by atoms with E-state index in [1.54, 1.807) is 6.92 Å². The van der Waals surface area contributed by atoms with Gasteiger partial charge in [-0.05, 0) is 0 Å². The topological polar surface area (TPSA) is 61.4 Å². The van der Waals surface area contributed by atoms with Crippen molar-refractivity contribution in [3.05, 3.63) is 0 Å². The molecular formula is C11H19F2N3O2. The highest BCUT2D eigenvalue weighted by atomic mass is 19.3. The molecule has 2 atom stereocenters. The van der Waals surface area contributed by atoms with E-state index in [-0.39, 0.29) is 18.4 Å². The molecule has 0 aromatic heterocycles. The Morgan fingerprint density at radius 2 is 2.17 bits per heavy atom. The molecule has 18 heavy (non-hydrogen) atoms. The summed E-state index contributed by atoms with van der Waals surface area (Å²) >= 11 is 0. The highest BCUT2D eigenvalue weighted by Crippen LogP contribution is 2.25. The summed E-state index contributed by atoms with van der Waals surface area (Å²) in [5.41, 5.74) is 0. The van der Waals surface area contributed by atoms with Crippen LogP contribution in [0.3, 0.4) is 0 Å². The molecule has 1 saturated heterocycles. The van der Waals surface area contributed by atoms with Crippen LogP contribution in [-0.4, -0.2) is 55.9 Å². The number of nitrogens with zero attached hydrogens (tertiary/aromatic N) is 1. The van der Waals surface area contributed by atoms with E-state index in [1.807, 2.05) is 0 Å².